The van der Waals surface area contributed by atoms with Crippen LogP contribution in [0.3, 0.4) is 0 Å². The van der Waals surface area contributed by atoms with Crippen LogP contribution in [-0.2, 0) is 4.74 Å². The quantitative estimate of drug-likeness (QED) is 0.650. The lowest BCUT2D eigenvalue weighted by Gasteiger charge is -2.08. The number of rotatable bonds is 3. The van der Waals surface area contributed by atoms with E-state index in [1.165, 1.54) is 11.6 Å². The minimum atomic E-state index is -0.473. The molecule has 1 aliphatic carbocycles. The first kappa shape index (κ1) is 15.4. The van der Waals surface area contributed by atoms with Gasteiger partial charge in [-0.2, -0.15) is 5.10 Å². The van der Waals surface area contributed by atoms with Crippen LogP contribution in [0, 0.1) is 0 Å². The van der Waals surface area contributed by atoms with Gasteiger partial charge in [0.05, 0.1) is 23.5 Å². The lowest BCUT2D eigenvalue weighted by Crippen LogP contribution is -2.10. The van der Waals surface area contributed by atoms with Crippen LogP contribution in [-0.4, -0.2) is 27.7 Å². The monoisotopic (exact) mass is 361 g/mol. The van der Waals surface area contributed by atoms with Gasteiger partial charge in [0.1, 0.15) is 0 Å². The molecule has 1 fully saturated rings. The van der Waals surface area contributed by atoms with Crippen LogP contribution in [0.5, 0.6) is 0 Å². The fourth-order valence-electron chi connectivity index (χ4n) is 2.66. The second kappa shape index (κ2) is 5.76. The molecule has 122 valence electrons. The van der Waals surface area contributed by atoms with Crippen LogP contribution in [0.4, 0.5) is 0 Å². The van der Waals surface area contributed by atoms with Crippen molar-refractivity contribution in [3.63, 3.8) is 0 Å². The Hall–Kier alpha value is -2.11. The third-order valence-electron chi connectivity index (χ3n) is 4.04. The Morgan fingerprint density at radius 1 is 1.25 bits per heavy atom. The highest BCUT2D eigenvalue weighted by molar-refractivity contribution is 6.36. The highest BCUT2D eigenvalue weighted by Gasteiger charge is 2.28. The fourth-order valence-corrected chi connectivity index (χ4v) is 3.16. The molecule has 0 spiro atoms. The first-order valence-electron chi connectivity index (χ1n) is 7.51. The first-order chi connectivity index (χ1) is 11.6. The summed E-state index contributed by atoms with van der Waals surface area (Å²) in [6, 6.07) is 8.71. The van der Waals surface area contributed by atoms with E-state index in [4.69, 9.17) is 27.9 Å². The van der Waals surface area contributed by atoms with Crippen molar-refractivity contribution in [2.45, 2.75) is 18.8 Å². The number of fused-ring (bicyclic) bond motifs is 1. The second-order valence-electron chi connectivity index (χ2n) is 5.76. The Balaban J connectivity index is 1.94. The predicted molar refractivity (Wildman–Crippen MR) is 91.8 cm³/mol. The highest BCUT2D eigenvalue weighted by Crippen LogP contribution is 2.39. The number of halogens is 2. The Morgan fingerprint density at radius 3 is 2.71 bits per heavy atom. The topological polar surface area (TPSA) is 56.5 Å². The van der Waals surface area contributed by atoms with Gasteiger partial charge in [-0.05, 0) is 37.1 Å². The van der Waals surface area contributed by atoms with E-state index in [2.05, 4.69) is 10.1 Å². The number of hydrogen-bond acceptors (Lipinski definition) is 4. The number of esters is 1. The first-order valence-corrected chi connectivity index (χ1v) is 8.27. The molecule has 7 heteroatoms. The number of hydrogen-bond donors (Lipinski definition) is 0. The molecule has 0 N–H and O–H groups in total. The molecular formula is C17H13Cl2N3O2. The molecule has 5 nitrogen and oxygen atoms in total. The van der Waals surface area contributed by atoms with Gasteiger partial charge in [-0.3, -0.25) is 0 Å². The van der Waals surface area contributed by atoms with Crippen LogP contribution in [0.1, 0.15) is 34.9 Å². The molecule has 0 amide bonds. The van der Waals surface area contributed by atoms with Crippen molar-refractivity contribution in [3.05, 3.63) is 51.8 Å². The third-order valence-corrected chi connectivity index (χ3v) is 4.59. The number of aromatic nitrogens is 3. The van der Waals surface area contributed by atoms with Gasteiger partial charge in [0.2, 0.25) is 0 Å². The molecule has 0 atom stereocenters. The van der Waals surface area contributed by atoms with Crippen LogP contribution >= 0.6 is 23.2 Å². The van der Waals surface area contributed by atoms with E-state index in [-0.39, 0.29) is 0 Å². The number of carbonyl (C=O) groups is 1. The SMILES string of the molecule is COC(=O)c1cc(-c2ccc(Cl)cc2Cl)nc2cc(C3CC3)nn12. The number of carbonyl (C=O) groups excluding carboxylic acids is 1. The van der Waals surface area contributed by atoms with E-state index in [1.807, 2.05) is 6.07 Å². The van der Waals surface area contributed by atoms with Gasteiger partial charge < -0.3 is 4.74 Å². The van der Waals surface area contributed by atoms with Crippen molar-refractivity contribution in [3.8, 4) is 11.3 Å². The second-order valence-corrected chi connectivity index (χ2v) is 6.60. The molecule has 1 saturated carbocycles. The summed E-state index contributed by atoms with van der Waals surface area (Å²) < 4.78 is 6.42. The van der Waals surface area contributed by atoms with Gasteiger partial charge in [-0.25, -0.2) is 14.3 Å². The molecule has 4 rings (SSSR count). The van der Waals surface area contributed by atoms with Crippen molar-refractivity contribution >= 4 is 34.8 Å². The fraction of sp³-hybridized carbons (Fsp3) is 0.235. The summed E-state index contributed by atoms with van der Waals surface area (Å²) in [7, 11) is 1.34. The zero-order valence-electron chi connectivity index (χ0n) is 12.8. The Morgan fingerprint density at radius 2 is 2.04 bits per heavy atom. The van der Waals surface area contributed by atoms with Crippen molar-refractivity contribution < 1.29 is 9.53 Å². The Labute approximate surface area is 148 Å². The number of ether oxygens (including phenoxy) is 1. The molecule has 0 radical (unpaired) electrons. The standard InChI is InChI=1S/C17H13Cl2N3O2/c1-24-17(23)15-7-14(11-5-4-10(18)6-12(11)19)20-16-8-13(9-2-3-9)21-22(15)16/h4-9H,2-3H2,1H3. The number of nitrogens with zero attached hydrogens (tertiary/aromatic N) is 3. The normalized spacial score (nSPS) is 14.1. The maximum Gasteiger partial charge on any atom is 0.356 e. The van der Waals surface area contributed by atoms with Crippen LogP contribution < -0.4 is 0 Å². The summed E-state index contributed by atoms with van der Waals surface area (Å²) in [6.07, 6.45) is 2.24. The van der Waals surface area contributed by atoms with Crippen molar-refractivity contribution in [1.82, 2.24) is 14.6 Å². The summed E-state index contributed by atoms with van der Waals surface area (Å²) in [5.41, 5.74) is 3.14. The van der Waals surface area contributed by atoms with Gasteiger partial charge in [-0.1, -0.05) is 23.2 Å². The van der Waals surface area contributed by atoms with E-state index in [0.717, 1.165) is 18.5 Å². The maximum atomic E-state index is 12.2. The van der Waals surface area contributed by atoms with Gasteiger partial charge in [-0.15, -0.1) is 0 Å². The van der Waals surface area contributed by atoms with E-state index >= 15 is 0 Å². The molecule has 0 aliphatic heterocycles. The average Bonchev–Trinajstić information content (AvgIpc) is 3.32. The highest BCUT2D eigenvalue weighted by atomic mass is 35.5. The van der Waals surface area contributed by atoms with Crippen LogP contribution in [0.2, 0.25) is 10.0 Å². The predicted octanol–water partition coefficient (Wildman–Crippen LogP) is 4.37. The lowest BCUT2D eigenvalue weighted by molar-refractivity contribution is 0.0590. The third kappa shape index (κ3) is 2.64. The average molecular weight is 362 g/mol. The zero-order valence-corrected chi connectivity index (χ0v) is 14.3. The number of methoxy groups -OCH3 is 1. The van der Waals surface area contributed by atoms with Gasteiger partial charge in [0.15, 0.2) is 11.3 Å². The summed E-state index contributed by atoms with van der Waals surface area (Å²) in [5, 5.41) is 5.52. The Kier molecular flexibility index (Phi) is 3.70. The van der Waals surface area contributed by atoms with Gasteiger partial charge in [0, 0.05) is 22.6 Å². The molecule has 0 saturated heterocycles. The van der Waals surface area contributed by atoms with Gasteiger partial charge >= 0.3 is 5.97 Å². The zero-order chi connectivity index (χ0) is 16.8. The smallest absolute Gasteiger partial charge is 0.356 e. The minimum absolute atomic E-state index is 0.315. The molecule has 1 aliphatic rings. The summed E-state index contributed by atoms with van der Waals surface area (Å²) in [6.45, 7) is 0. The molecule has 2 heterocycles. The molecule has 24 heavy (non-hydrogen) atoms. The molecule has 0 bridgehead atoms. The largest absolute Gasteiger partial charge is 0.464 e. The van der Waals surface area contributed by atoms with Crippen molar-refractivity contribution in [2.75, 3.05) is 7.11 Å². The van der Waals surface area contributed by atoms with Crippen molar-refractivity contribution in [2.24, 2.45) is 0 Å². The maximum absolute atomic E-state index is 12.2. The summed E-state index contributed by atoms with van der Waals surface area (Å²) in [5.74, 6) is -0.0149. The molecular weight excluding hydrogens is 349 g/mol. The van der Waals surface area contributed by atoms with E-state index < -0.39 is 5.97 Å². The summed E-state index contributed by atoms with van der Waals surface area (Å²) in [4.78, 5) is 16.8. The molecule has 0 unspecified atom stereocenters. The molecule has 3 aromatic rings. The number of benzene rings is 1. The van der Waals surface area contributed by atoms with E-state index in [9.17, 15) is 4.79 Å². The van der Waals surface area contributed by atoms with E-state index in [1.54, 1.807) is 24.3 Å². The van der Waals surface area contributed by atoms with E-state index in [0.29, 0.717) is 38.6 Å². The molecule has 2 aromatic heterocycles. The minimum Gasteiger partial charge on any atom is -0.464 e. The van der Waals surface area contributed by atoms with Gasteiger partial charge in [0.25, 0.3) is 0 Å². The lowest BCUT2D eigenvalue weighted by atomic mass is 10.1. The Bertz CT molecular complexity index is 964. The van der Waals surface area contributed by atoms with Crippen LogP contribution in [0.25, 0.3) is 16.9 Å². The van der Waals surface area contributed by atoms with Crippen LogP contribution in [0.15, 0.2) is 30.3 Å². The van der Waals surface area contributed by atoms with Crippen molar-refractivity contribution in [1.29, 1.82) is 0 Å². The molecule has 1 aromatic carbocycles. The summed E-state index contributed by atoms with van der Waals surface area (Å²) >= 11 is 12.2.